The van der Waals surface area contributed by atoms with Crippen LogP contribution in [0.2, 0.25) is 0 Å². The highest BCUT2D eigenvalue weighted by molar-refractivity contribution is 7.98. The number of rotatable bonds is 13. The predicted molar refractivity (Wildman–Crippen MR) is 145 cm³/mol. The van der Waals surface area contributed by atoms with E-state index in [2.05, 4.69) is 24.4 Å². The van der Waals surface area contributed by atoms with Crippen molar-refractivity contribution in [2.24, 2.45) is 0 Å². The van der Waals surface area contributed by atoms with Gasteiger partial charge in [0.1, 0.15) is 18.0 Å². The standard InChI is InChI=1S/C27H32N2O5S2/c1-21-9-4-5-10-22(21)20-35-18-8-17-28-27(30)19-29(25-11-6-7-12-26(25)34-3)36(31,32)24-15-13-23(33-2)14-16-24/h4-7,9-16H,8,17-20H2,1-3H3,(H,28,30). The van der Waals surface area contributed by atoms with Gasteiger partial charge in [0, 0.05) is 12.3 Å². The van der Waals surface area contributed by atoms with Crippen LogP contribution in [-0.4, -0.2) is 47.4 Å². The van der Waals surface area contributed by atoms with Crippen molar-refractivity contribution in [2.75, 3.05) is 37.4 Å². The third-order valence-electron chi connectivity index (χ3n) is 5.59. The van der Waals surface area contributed by atoms with Crippen LogP contribution in [0.5, 0.6) is 11.5 Å². The number of hydrogen-bond donors (Lipinski definition) is 1. The predicted octanol–water partition coefficient (Wildman–Crippen LogP) is 4.65. The van der Waals surface area contributed by atoms with E-state index in [1.807, 2.05) is 23.9 Å². The van der Waals surface area contributed by atoms with E-state index in [0.717, 1.165) is 22.2 Å². The second kappa shape index (κ2) is 13.2. The molecule has 0 spiro atoms. The number of carbonyl (C=O) groups is 1. The smallest absolute Gasteiger partial charge is 0.264 e. The Bertz CT molecular complexity index is 1250. The molecule has 0 fully saturated rings. The summed E-state index contributed by atoms with van der Waals surface area (Å²) in [5, 5.41) is 2.85. The molecule has 192 valence electrons. The third kappa shape index (κ3) is 7.18. The van der Waals surface area contributed by atoms with Gasteiger partial charge in [-0.25, -0.2) is 8.42 Å². The fourth-order valence-electron chi connectivity index (χ4n) is 3.55. The zero-order valence-corrected chi connectivity index (χ0v) is 22.4. The van der Waals surface area contributed by atoms with Gasteiger partial charge in [-0.15, -0.1) is 0 Å². The number of amides is 1. The SMILES string of the molecule is COc1ccc(S(=O)(=O)N(CC(=O)NCCCSCc2ccccc2C)c2ccccc2OC)cc1. The van der Waals surface area contributed by atoms with E-state index in [-0.39, 0.29) is 17.3 Å². The Morgan fingerprint density at radius 1 is 0.944 bits per heavy atom. The lowest BCUT2D eigenvalue weighted by molar-refractivity contribution is -0.119. The van der Waals surface area contributed by atoms with Gasteiger partial charge in [0.05, 0.1) is 24.8 Å². The molecule has 3 rings (SSSR count). The van der Waals surface area contributed by atoms with Crippen molar-refractivity contribution in [1.82, 2.24) is 5.32 Å². The fraction of sp³-hybridized carbons (Fsp3) is 0.296. The van der Waals surface area contributed by atoms with Gasteiger partial charge in [-0.3, -0.25) is 9.10 Å². The Morgan fingerprint density at radius 2 is 1.64 bits per heavy atom. The van der Waals surface area contributed by atoms with Gasteiger partial charge >= 0.3 is 0 Å². The molecule has 9 heteroatoms. The number of thioether (sulfide) groups is 1. The maximum absolute atomic E-state index is 13.6. The first-order valence-corrected chi connectivity index (χ1v) is 14.1. The lowest BCUT2D eigenvalue weighted by Gasteiger charge is -2.25. The number of ether oxygens (including phenoxy) is 2. The first-order chi connectivity index (χ1) is 17.4. The van der Waals surface area contributed by atoms with Gasteiger partial charge in [0.15, 0.2) is 0 Å². The van der Waals surface area contributed by atoms with Crippen LogP contribution in [0.3, 0.4) is 0 Å². The van der Waals surface area contributed by atoms with Crippen LogP contribution < -0.4 is 19.1 Å². The van der Waals surface area contributed by atoms with Crippen LogP contribution in [0.1, 0.15) is 17.5 Å². The molecule has 0 heterocycles. The largest absolute Gasteiger partial charge is 0.497 e. The minimum atomic E-state index is -4.05. The first-order valence-electron chi connectivity index (χ1n) is 11.6. The summed E-state index contributed by atoms with van der Waals surface area (Å²) < 4.78 is 38.7. The maximum Gasteiger partial charge on any atom is 0.264 e. The van der Waals surface area contributed by atoms with Crippen molar-refractivity contribution < 1.29 is 22.7 Å². The number of methoxy groups -OCH3 is 2. The summed E-state index contributed by atoms with van der Waals surface area (Å²) in [6.45, 7) is 2.19. The molecule has 0 aliphatic heterocycles. The summed E-state index contributed by atoms with van der Waals surface area (Å²) in [5.41, 5.74) is 2.87. The minimum absolute atomic E-state index is 0.0506. The summed E-state index contributed by atoms with van der Waals surface area (Å²) in [7, 11) is -1.07. The second-order valence-electron chi connectivity index (χ2n) is 8.04. The molecule has 3 aromatic rings. The lowest BCUT2D eigenvalue weighted by Crippen LogP contribution is -2.41. The van der Waals surface area contributed by atoms with E-state index in [4.69, 9.17) is 9.47 Å². The number of sulfonamides is 1. The number of anilines is 1. The molecule has 0 aliphatic carbocycles. The molecule has 0 aliphatic rings. The molecule has 0 aromatic heterocycles. The molecule has 0 bridgehead atoms. The van der Waals surface area contributed by atoms with Gasteiger partial charge in [-0.1, -0.05) is 36.4 Å². The Balaban J connectivity index is 1.65. The maximum atomic E-state index is 13.6. The number of nitrogens with one attached hydrogen (secondary N) is 1. The molecule has 0 saturated heterocycles. The van der Waals surface area contributed by atoms with E-state index in [9.17, 15) is 13.2 Å². The van der Waals surface area contributed by atoms with Gasteiger partial charge in [0.25, 0.3) is 10.0 Å². The number of hydrogen-bond acceptors (Lipinski definition) is 6. The number of benzene rings is 3. The number of para-hydroxylation sites is 2. The average Bonchev–Trinajstić information content (AvgIpc) is 2.90. The van der Waals surface area contributed by atoms with E-state index in [1.165, 1.54) is 37.5 Å². The average molecular weight is 529 g/mol. The topological polar surface area (TPSA) is 84.9 Å². The van der Waals surface area contributed by atoms with Crippen LogP contribution >= 0.6 is 11.8 Å². The molecule has 0 atom stereocenters. The highest BCUT2D eigenvalue weighted by atomic mass is 32.2. The normalized spacial score (nSPS) is 11.1. The number of nitrogens with zero attached hydrogens (tertiary/aromatic N) is 1. The summed E-state index contributed by atoms with van der Waals surface area (Å²) in [4.78, 5) is 12.9. The zero-order valence-electron chi connectivity index (χ0n) is 20.8. The Labute approximate surface area is 217 Å². The van der Waals surface area contributed by atoms with Crippen LogP contribution in [0.4, 0.5) is 5.69 Å². The minimum Gasteiger partial charge on any atom is -0.497 e. The zero-order chi connectivity index (χ0) is 26.0. The molecule has 0 radical (unpaired) electrons. The van der Waals surface area contributed by atoms with Crippen LogP contribution in [-0.2, 0) is 20.6 Å². The molecule has 1 amide bonds. The van der Waals surface area contributed by atoms with Crippen molar-refractivity contribution in [3.8, 4) is 11.5 Å². The molecule has 0 saturated carbocycles. The second-order valence-corrected chi connectivity index (χ2v) is 11.0. The quantitative estimate of drug-likeness (QED) is 0.325. The van der Waals surface area contributed by atoms with Gasteiger partial charge in [-0.05, 0) is 66.6 Å². The Kier molecular flexibility index (Phi) is 10.1. The fourth-order valence-corrected chi connectivity index (χ4v) is 6.02. The summed E-state index contributed by atoms with van der Waals surface area (Å²) in [6, 6.07) is 21.1. The number of aryl methyl sites for hydroxylation is 1. The third-order valence-corrected chi connectivity index (χ3v) is 8.46. The monoisotopic (exact) mass is 528 g/mol. The Morgan fingerprint density at radius 3 is 2.33 bits per heavy atom. The molecule has 7 nitrogen and oxygen atoms in total. The van der Waals surface area contributed by atoms with Crippen LogP contribution in [0, 0.1) is 6.92 Å². The molecular formula is C27H32N2O5S2. The van der Waals surface area contributed by atoms with Crippen molar-refractivity contribution in [3.05, 3.63) is 83.9 Å². The molecule has 3 aromatic carbocycles. The van der Waals surface area contributed by atoms with Crippen molar-refractivity contribution in [2.45, 2.75) is 24.0 Å². The highest BCUT2D eigenvalue weighted by Crippen LogP contribution is 2.32. The summed E-state index contributed by atoms with van der Waals surface area (Å²) in [5.74, 6) is 2.31. The van der Waals surface area contributed by atoms with Crippen molar-refractivity contribution >= 4 is 33.4 Å². The highest BCUT2D eigenvalue weighted by Gasteiger charge is 2.29. The van der Waals surface area contributed by atoms with Gasteiger partial charge < -0.3 is 14.8 Å². The summed E-state index contributed by atoms with van der Waals surface area (Å²) in [6.07, 6.45) is 0.780. The van der Waals surface area contributed by atoms with Crippen molar-refractivity contribution in [1.29, 1.82) is 0 Å². The summed E-state index contributed by atoms with van der Waals surface area (Å²) >= 11 is 1.81. The van der Waals surface area contributed by atoms with E-state index in [1.54, 1.807) is 36.4 Å². The van der Waals surface area contributed by atoms with Crippen LogP contribution in [0.15, 0.2) is 77.7 Å². The Hall–Kier alpha value is -3.17. The van der Waals surface area contributed by atoms with Crippen LogP contribution in [0.25, 0.3) is 0 Å². The van der Waals surface area contributed by atoms with Crippen molar-refractivity contribution in [3.63, 3.8) is 0 Å². The molecule has 36 heavy (non-hydrogen) atoms. The number of carbonyl (C=O) groups excluding carboxylic acids is 1. The van der Waals surface area contributed by atoms with Gasteiger partial charge in [0.2, 0.25) is 5.91 Å². The van der Waals surface area contributed by atoms with E-state index < -0.39 is 10.0 Å². The first kappa shape index (κ1) is 27.4. The van der Waals surface area contributed by atoms with Gasteiger partial charge in [-0.2, -0.15) is 11.8 Å². The van der Waals surface area contributed by atoms with E-state index >= 15 is 0 Å². The lowest BCUT2D eigenvalue weighted by atomic mass is 10.1. The molecular weight excluding hydrogens is 496 g/mol. The van der Waals surface area contributed by atoms with E-state index in [0.29, 0.717) is 23.7 Å². The molecule has 1 N–H and O–H groups in total. The molecule has 0 unspecified atom stereocenters.